The molecular weight excluding hydrogens is 232 g/mol. The van der Waals surface area contributed by atoms with Gasteiger partial charge in [0.15, 0.2) is 0 Å². The molecule has 1 aliphatic rings. The van der Waals surface area contributed by atoms with Gasteiger partial charge in [-0.2, -0.15) is 0 Å². The molecule has 3 heteroatoms. The molecule has 1 nitrogen and oxygen atoms in total. The average Bonchev–Trinajstić information content (AvgIpc) is 2.40. The van der Waals surface area contributed by atoms with Crippen LogP contribution in [0.4, 0.5) is 8.78 Å². The van der Waals surface area contributed by atoms with Gasteiger partial charge >= 0.3 is 0 Å². The Morgan fingerprint density at radius 1 is 1.11 bits per heavy atom. The van der Waals surface area contributed by atoms with Crippen LogP contribution in [0.25, 0.3) is 0 Å². The van der Waals surface area contributed by atoms with E-state index in [2.05, 4.69) is 19.1 Å². The molecule has 0 aliphatic heterocycles. The van der Waals surface area contributed by atoms with Crippen molar-refractivity contribution in [2.45, 2.75) is 50.4 Å². The summed E-state index contributed by atoms with van der Waals surface area (Å²) in [5.74, 6) is -2.50. The predicted molar refractivity (Wildman–Crippen MR) is 70.0 cm³/mol. The SMILES string of the molecule is CCc1ccccc1C1(CN)CCC(F)(F)CC1. The van der Waals surface area contributed by atoms with Gasteiger partial charge in [0.25, 0.3) is 0 Å². The number of alkyl halides is 2. The Balaban J connectivity index is 2.33. The number of benzene rings is 1. The van der Waals surface area contributed by atoms with Gasteiger partial charge in [0.2, 0.25) is 5.92 Å². The smallest absolute Gasteiger partial charge is 0.248 e. The van der Waals surface area contributed by atoms with Gasteiger partial charge in [-0.1, -0.05) is 31.2 Å². The Labute approximate surface area is 107 Å². The molecular formula is C15H21F2N. The van der Waals surface area contributed by atoms with Gasteiger partial charge in [-0.25, -0.2) is 8.78 Å². The first-order valence-electron chi connectivity index (χ1n) is 6.69. The molecule has 1 aromatic rings. The monoisotopic (exact) mass is 253 g/mol. The van der Waals surface area contributed by atoms with E-state index in [0.29, 0.717) is 19.4 Å². The quantitative estimate of drug-likeness (QED) is 0.874. The highest BCUT2D eigenvalue weighted by molar-refractivity contribution is 5.35. The van der Waals surface area contributed by atoms with Crippen LogP contribution in [0.5, 0.6) is 0 Å². The Kier molecular flexibility index (Phi) is 3.71. The molecule has 0 saturated heterocycles. The van der Waals surface area contributed by atoms with Crippen LogP contribution < -0.4 is 5.73 Å². The van der Waals surface area contributed by atoms with Crippen LogP contribution in [0, 0.1) is 0 Å². The largest absolute Gasteiger partial charge is 0.330 e. The molecule has 0 radical (unpaired) electrons. The molecule has 0 spiro atoms. The van der Waals surface area contributed by atoms with Crippen LogP contribution in [0.15, 0.2) is 24.3 Å². The van der Waals surface area contributed by atoms with Crippen molar-refractivity contribution in [3.8, 4) is 0 Å². The van der Waals surface area contributed by atoms with Crippen molar-refractivity contribution in [2.24, 2.45) is 5.73 Å². The molecule has 1 aromatic carbocycles. The van der Waals surface area contributed by atoms with E-state index in [9.17, 15) is 8.78 Å². The van der Waals surface area contributed by atoms with Crippen molar-refractivity contribution < 1.29 is 8.78 Å². The van der Waals surface area contributed by atoms with E-state index >= 15 is 0 Å². The molecule has 0 heterocycles. The number of rotatable bonds is 3. The Morgan fingerprint density at radius 3 is 2.28 bits per heavy atom. The van der Waals surface area contributed by atoms with Crippen molar-refractivity contribution in [1.29, 1.82) is 0 Å². The van der Waals surface area contributed by atoms with E-state index in [1.54, 1.807) is 0 Å². The van der Waals surface area contributed by atoms with E-state index in [4.69, 9.17) is 5.73 Å². The molecule has 0 aromatic heterocycles. The lowest BCUT2D eigenvalue weighted by Gasteiger charge is -2.40. The van der Waals surface area contributed by atoms with Gasteiger partial charge in [0.05, 0.1) is 0 Å². The Bertz CT molecular complexity index is 405. The molecule has 0 amide bonds. The molecule has 1 saturated carbocycles. The number of nitrogens with two attached hydrogens (primary N) is 1. The fourth-order valence-electron chi connectivity index (χ4n) is 3.02. The number of hydrogen-bond acceptors (Lipinski definition) is 1. The zero-order valence-electron chi connectivity index (χ0n) is 10.9. The van der Waals surface area contributed by atoms with Gasteiger partial charge in [-0.3, -0.25) is 0 Å². The van der Waals surface area contributed by atoms with Crippen LogP contribution in [0.3, 0.4) is 0 Å². The molecule has 100 valence electrons. The molecule has 1 aliphatic carbocycles. The van der Waals surface area contributed by atoms with Gasteiger partial charge in [0, 0.05) is 24.8 Å². The molecule has 18 heavy (non-hydrogen) atoms. The van der Waals surface area contributed by atoms with E-state index in [1.807, 2.05) is 12.1 Å². The lowest BCUT2D eigenvalue weighted by Crippen LogP contribution is -2.42. The topological polar surface area (TPSA) is 26.0 Å². The normalized spacial score (nSPS) is 21.8. The van der Waals surface area contributed by atoms with Crippen molar-refractivity contribution >= 4 is 0 Å². The predicted octanol–water partition coefficient (Wildman–Crippen LogP) is 3.65. The first kappa shape index (κ1) is 13.5. The summed E-state index contributed by atoms with van der Waals surface area (Å²) in [7, 11) is 0. The van der Waals surface area contributed by atoms with Crippen LogP contribution in [0.2, 0.25) is 0 Å². The van der Waals surface area contributed by atoms with Crippen molar-refractivity contribution in [3.63, 3.8) is 0 Å². The maximum absolute atomic E-state index is 13.3. The number of hydrogen-bond donors (Lipinski definition) is 1. The van der Waals surface area contributed by atoms with Crippen LogP contribution in [-0.2, 0) is 11.8 Å². The minimum absolute atomic E-state index is 0.0394. The Hall–Kier alpha value is -0.960. The fraction of sp³-hybridized carbons (Fsp3) is 0.600. The first-order chi connectivity index (χ1) is 8.53. The summed E-state index contributed by atoms with van der Waals surface area (Å²) in [6, 6.07) is 8.14. The molecule has 0 atom stereocenters. The minimum Gasteiger partial charge on any atom is -0.330 e. The summed E-state index contributed by atoms with van der Waals surface area (Å²) >= 11 is 0. The zero-order chi connectivity index (χ0) is 13.2. The van der Waals surface area contributed by atoms with Crippen molar-refractivity contribution in [1.82, 2.24) is 0 Å². The number of halogens is 2. The highest BCUT2D eigenvalue weighted by Crippen LogP contribution is 2.45. The third-order valence-corrected chi connectivity index (χ3v) is 4.30. The second-order valence-electron chi connectivity index (χ2n) is 5.35. The van der Waals surface area contributed by atoms with Crippen LogP contribution in [0.1, 0.15) is 43.7 Å². The molecule has 0 unspecified atom stereocenters. The van der Waals surface area contributed by atoms with Crippen LogP contribution >= 0.6 is 0 Å². The van der Waals surface area contributed by atoms with Crippen molar-refractivity contribution in [3.05, 3.63) is 35.4 Å². The van der Waals surface area contributed by atoms with Gasteiger partial charge < -0.3 is 5.73 Å². The molecule has 1 fully saturated rings. The number of aryl methyl sites for hydroxylation is 1. The summed E-state index contributed by atoms with van der Waals surface area (Å²) in [5.41, 5.74) is 8.13. The standard InChI is InChI=1S/C15H21F2N/c1-2-12-5-3-4-6-13(12)14(11-18)7-9-15(16,17)10-8-14/h3-6H,2,7-11,18H2,1H3. The third-order valence-electron chi connectivity index (χ3n) is 4.30. The highest BCUT2D eigenvalue weighted by atomic mass is 19.3. The van der Waals surface area contributed by atoms with Crippen molar-refractivity contribution in [2.75, 3.05) is 6.54 Å². The average molecular weight is 253 g/mol. The maximum atomic E-state index is 13.3. The van der Waals surface area contributed by atoms with Crippen LogP contribution in [-0.4, -0.2) is 12.5 Å². The van der Waals surface area contributed by atoms with E-state index < -0.39 is 5.92 Å². The zero-order valence-corrected chi connectivity index (χ0v) is 10.9. The Morgan fingerprint density at radius 2 is 1.72 bits per heavy atom. The third kappa shape index (κ3) is 2.41. The summed E-state index contributed by atoms with van der Waals surface area (Å²) in [5, 5.41) is 0. The van der Waals surface area contributed by atoms with E-state index in [0.717, 1.165) is 6.42 Å². The van der Waals surface area contributed by atoms with E-state index in [1.165, 1.54) is 11.1 Å². The lowest BCUT2D eigenvalue weighted by molar-refractivity contribution is -0.0510. The van der Waals surface area contributed by atoms with Gasteiger partial charge in [0.1, 0.15) is 0 Å². The second kappa shape index (κ2) is 4.96. The lowest BCUT2D eigenvalue weighted by atomic mass is 9.67. The second-order valence-corrected chi connectivity index (χ2v) is 5.35. The summed E-state index contributed by atoms with van der Waals surface area (Å²) in [6.45, 7) is 2.56. The van der Waals surface area contributed by atoms with Gasteiger partial charge in [-0.15, -0.1) is 0 Å². The minimum atomic E-state index is -2.50. The summed E-state index contributed by atoms with van der Waals surface area (Å²) < 4.78 is 26.7. The fourth-order valence-corrected chi connectivity index (χ4v) is 3.02. The van der Waals surface area contributed by atoms with E-state index in [-0.39, 0.29) is 18.3 Å². The molecule has 2 N–H and O–H groups in total. The van der Waals surface area contributed by atoms with Gasteiger partial charge in [-0.05, 0) is 30.4 Å². The first-order valence-corrected chi connectivity index (χ1v) is 6.69. The summed E-state index contributed by atoms with van der Waals surface area (Å²) in [6.07, 6.45) is 1.83. The molecule has 0 bridgehead atoms. The maximum Gasteiger partial charge on any atom is 0.248 e. The summed E-state index contributed by atoms with van der Waals surface area (Å²) in [4.78, 5) is 0. The molecule has 2 rings (SSSR count). The highest BCUT2D eigenvalue weighted by Gasteiger charge is 2.44.